The van der Waals surface area contributed by atoms with Crippen LogP contribution in [0.3, 0.4) is 0 Å². The second kappa shape index (κ2) is 5.32. The summed E-state index contributed by atoms with van der Waals surface area (Å²) < 4.78 is 3.23. The molecule has 5 nitrogen and oxygen atoms in total. The van der Waals surface area contributed by atoms with Gasteiger partial charge in [-0.3, -0.25) is 4.90 Å². The Kier molecular flexibility index (Phi) is 3.70. The van der Waals surface area contributed by atoms with E-state index in [0.717, 1.165) is 29.9 Å². The number of halogens is 1. The Balaban J connectivity index is 1.86. The normalized spacial score (nSPS) is 19.1. The fraction of sp³-hybridized carbons (Fsp3) is 0.500. The minimum absolute atomic E-state index is 0.0834. The highest BCUT2D eigenvalue weighted by molar-refractivity contribution is 9.10. The van der Waals surface area contributed by atoms with Crippen molar-refractivity contribution in [1.29, 1.82) is 0 Å². The molecule has 0 saturated heterocycles. The topological polar surface area (TPSA) is 60.0 Å². The van der Waals surface area contributed by atoms with Crippen LogP contribution in [-0.4, -0.2) is 32.3 Å². The summed E-state index contributed by atoms with van der Waals surface area (Å²) in [5.74, 6) is 1.02. The molecule has 2 unspecified atom stereocenters. The number of fused-ring (bicyclic) bond motifs is 1. The van der Waals surface area contributed by atoms with Crippen molar-refractivity contribution >= 4 is 27.3 Å². The van der Waals surface area contributed by atoms with Gasteiger partial charge in [0, 0.05) is 33.9 Å². The van der Waals surface area contributed by atoms with Crippen LogP contribution in [-0.2, 0) is 13.1 Å². The first-order valence-electron chi connectivity index (χ1n) is 6.25. The molecule has 3 heterocycles. The molecule has 2 aromatic rings. The Labute approximate surface area is 124 Å². The average Bonchev–Trinajstić information content (AvgIpc) is 2.97. The third kappa shape index (κ3) is 2.60. The molecular weight excluding hydrogens is 326 g/mol. The molecule has 1 aliphatic rings. The average molecular weight is 342 g/mol. The first-order valence-corrected chi connectivity index (χ1v) is 7.92. The molecule has 2 atom stereocenters. The molecule has 7 heteroatoms. The fourth-order valence-corrected chi connectivity index (χ4v) is 4.27. The lowest BCUT2D eigenvalue weighted by Crippen LogP contribution is -2.43. The van der Waals surface area contributed by atoms with Gasteiger partial charge in [-0.25, -0.2) is 0 Å². The maximum absolute atomic E-state index is 6.21. The molecule has 0 saturated carbocycles. The third-order valence-corrected chi connectivity index (χ3v) is 5.20. The Morgan fingerprint density at radius 3 is 3.00 bits per heavy atom. The van der Waals surface area contributed by atoms with Gasteiger partial charge in [0.1, 0.15) is 12.2 Å². The van der Waals surface area contributed by atoms with Crippen LogP contribution in [0.5, 0.6) is 0 Å². The molecule has 102 valence electrons. The first kappa shape index (κ1) is 13.2. The summed E-state index contributed by atoms with van der Waals surface area (Å²) in [6.45, 7) is 4.78. The van der Waals surface area contributed by atoms with Gasteiger partial charge in [0.2, 0.25) is 0 Å². The van der Waals surface area contributed by atoms with Gasteiger partial charge in [0.05, 0.1) is 12.6 Å². The maximum atomic E-state index is 6.21. The highest BCUT2D eigenvalue weighted by Crippen LogP contribution is 2.33. The molecule has 1 aliphatic heterocycles. The number of nitrogens with two attached hydrogens (primary N) is 1. The van der Waals surface area contributed by atoms with E-state index in [-0.39, 0.29) is 12.1 Å². The molecule has 0 radical (unpaired) electrons. The van der Waals surface area contributed by atoms with E-state index in [1.807, 2.05) is 0 Å². The van der Waals surface area contributed by atoms with Gasteiger partial charge in [-0.1, -0.05) is 0 Å². The summed E-state index contributed by atoms with van der Waals surface area (Å²) >= 11 is 5.27. The van der Waals surface area contributed by atoms with Gasteiger partial charge in [-0.15, -0.1) is 21.5 Å². The van der Waals surface area contributed by atoms with E-state index in [1.54, 1.807) is 17.7 Å². The van der Waals surface area contributed by atoms with E-state index in [4.69, 9.17) is 5.73 Å². The summed E-state index contributed by atoms with van der Waals surface area (Å²) in [4.78, 5) is 3.70. The van der Waals surface area contributed by atoms with Crippen LogP contribution >= 0.6 is 27.3 Å². The molecule has 3 rings (SSSR count). The van der Waals surface area contributed by atoms with Crippen molar-refractivity contribution in [3.8, 4) is 0 Å². The summed E-state index contributed by atoms with van der Waals surface area (Å²) in [5, 5.41) is 10.2. The number of hydrogen-bond donors (Lipinski definition) is 1. The van der Waals surface area contributed by atoms with Crippen LogP contribution in [0.1, 0.15) is 23.7 Å². The number of thiophene rings is 1. The Bertz CT molecular complexity index is 564. The Hall–Kier alpha value is -0.760. The van der Waals surface area contributed by atoms with E-state index in [2.05, 4.69) is 54.0 Å². The first-order chi connectivity index (χ1) is 9.15. The quantitative estimate of drug-likeness (QED) is 0.927. The molecule has 0 fully saturated rings. The van der Waals surface area contributed by atoms with E-state index >= 15 is 0 Å². The predicted octanol–water partition coefficient (Wildman–Crippen LogP) is 2.01. The minimum atomic E-state index is 0.0834. The smallest absolute Gasteiger partial charge is 0.147 e. The Morgan fingerprint density at radius 1 is 1.47 bits per heavy atom. The van der Waals surface area contributed by atoms with Crippen LogP contribution in [0.2, 0.25) is 0 Å². The third-order valence-electron chi connectivity index (χ3n) is 3.44. The number of rotatable bonds is 3. The SMILES string of the molecule is CC(N)C(c1cc(Br)cs1)N1CCn2cnnc2C1. The zero-order valence-corrected chi connectivity index (χ0v) is 13.1. The zero-order valence-electron chi connectivity index (χ0n) is 10.7. The molecule has 0 aromatic carbocycles. The maximum Gasteiger partial charge on any atom is 0.147 e. The van der Waals surface area contributed by atoms with Crippen LogP contribution < -0.4 is 5.73 Å². The van der Waals surface area contributed by atoms with Gasteiger partial charge >= 0.3 is 0 Å². The molecule has 2 aromatic heterocycles. The number of nitrogens with zero attached hydrogens (tertiary/aromatic N) is 4. The van der Waals surface area contributed by atoms with Gasteiger partial charge in [-0.2, -0.15) is 0 Å². The van der Waals surface area contributed by atoms with Crippen molar-refractivity contribution in [2.75, 3.05) is 6.54 Å². The monoisotopic (exact) mass is 341 g/mol. The van der Waals surface area contributed by atoms with Crippen molar-refractivity contribution in [3.05, 3.63) is 32.9 Å². The largest absolute Gasteiger partial charge is 0.326 e. The minimum Gasteiger partial charge on any atom is -0.326 e. The second-order valence-electron chi connectivity index (χ2n) is 4.88. The van der Waals surface area contributed by atoms with E-state index in [0.29, 0.717) is 0 Å². The zero-order chi connectivity index (χ0) is 13.4. The van der Waals surface area contributed by atoms with Crippen molar-refractivity contribution in [2.45, 2.75) is 32.1 Å². The van der Waals surface area contributed by atoms with Gasteiger partial charge in [-0.05, 0) is 28.9 Å². The van der Waals surface area contributed by atoms with E-state index < -0.39 is 0 Å². The molecular formula is C12H16BrN5S. The lowest BCUT2D eigenvalue weighted by Gasteiger charge is -2.36. The summed E-state index contributed by atoms with van der Waals surface area (Å²) in [6, 6.07) is 2.49. The molecule has 0 amide bonds. The molecule has 0 spiro atoms. The van der Waals surface area contributed by atoms with Crippen molar-refractivity contribution in [2.24, 2.45) is 5.73 Å². The van der Waals surface area contributed by atoms with E-state index in [9.17, 15) is 0 Å². The highest BCUT2D eigenvalue weighted by Gasteiger charge is 2.29. The second-order valence-corrected chi connectivity index (χ2v) is 6.74. The lowest BCUT2D eigenvalue weighted by atomic mass is 10.1. The molecule has 0 bridgehead atoms. The fourth-order valence-electron chi connectivity index (χ4n) is 2.58. The molecule has 19 heavy (non-hydrogen) atoms. The van der Waals surface area contributed by atoms with Crippen LogP contribution in [0.25, 0.3) is 0 Å². The predicted molar refractivity (Wildman–Crippen MR) is 78.8 cm³/mol. The number of hydrogen-bond acceptors (Lipinski definition) is 5. The molecule has 0 aliphatic carbocycles. The lowest BCUT2D eigenvalue weighted by molar-refractivity contribution is 0.138. The summed E-state index contributed by atoms with van der Waals surface area (Å²) in [7, 11) is 0. The van der Waals surface area contributed by atoms with Crippen LogP contribution in [0.4, 0.5) is 0 Å². The molecule has 2 N–H and O–H groups in total. The van der Waals surface area contributed by atoms with Crippen LogP contribution in [0, 0.1) is 0 Å². The Morgan fingerprint density at radius 2 is 2.32 bits per heavy atom. The summed E-state index contributed by atoms with van der Waals surface area (Å²) in [6.07, 6.45) is 1.80. The highest BCUT2D eigenvalue weighted by atomic mass is 79.9. The number of aromatic nitrogens is 3. The van der Waals surface area contributed by atoms with Crippen molar-refractivity contribution < 1.29 is 0 Å². The van der Waals surface area contributed by atoms with Gasteiger partial charge < -0.3 is 10.3 Å². The van der Waals surface area contributed by atoms with Crippen molar-refractivity contribution in [3.63, 3.8) is 0 Å². The standard InChI is InChI=1S/C12H16BrN5S/c1-8(14)12(10-4-9(13)6-19-10)17-2-3-18-7-15-16-11(18)5-17/h4,6-8,12H,2-3,5,14H2,1H3. The van der Waals surface area contributed by atoms with Gasteiger partial charge in [0.15, 0.2) is 0 Å². The summed E-state index contributed by atoms with van der Waals surface area (Å²) in [5.41, 5.74) is 6.21. The van der Waals surface area contributed by atoms with Crippen LogP contribution in [0.15, 0.2) is 22.2 Å². The van der Waals surface area contributed by atoms with Crippen molar-refractivity contribution in [1.82, 2.24) is 19.7 Å². The van der Waals surface area contributed by atoms with Gasteiger partial charge in [0.25, 0.3) is 0 Å². The van der Waals surface area contributed by atoms with E-state index in [1.165, 1.54) is 4.88 Å².